The van der Waals surface area contributed by atoms with Crippen molar-refractivity contribution in [2.75, 3.05) is 14.2 Å². The van der Waals surface area contributed by atoms with Crippen LogP contribution in [-0.4, -0.2) is 28.4 Å². The average molecular weight is 346 g/mol. The van der Waals surface area contributed by atoms with Gasteiger partial charge in [-0.25, -0.2) is 9.19 Å². The number of benzene rings is 1. The van der Waals surface area contributed by atoms with Crippen LogP contribution in [0.25, 0.3) is 11.0 Å². The smallest absolute Gasteiger partial charge is 0.256 e. The third kappa shape index (κ3) is 2.87. The van der Waals surface area contributed by atoms with Crippen molar-refractivity contribution in [2.45, 2.75) is 19.6 Å². The molecule has 126 valence electrons. The maximum atomic E-state index is 12.9. The highest BCUT2D eigenvalue weighted by Crippen LogP contribution is 2.24. The first-order chi connectivity index (χ1) is 11.5. The summed E-state index contributed by atoms with van der Waals surface area (Å²) >= 11 is 0. The minimum atomic E-state index is -1.30. The molecule has 24 heavy (non-hydrogen) atoms. The summed E-state index contributed by atoms with van der Waals surface area (Å²) in [5.41, 5.74) is 4.37. The van der Waals surface area contributed by atoms with Crippen molar-refractivity contribution in [3.05, 3.63) is 47.5 Å². The predicted molar refractivity (Wildman–Crippen MR) is 92.6 cm³/mol. The van der Waals surface area contributed by atoms with E-state index in [0.29, 0.717) is 5.75 Å². The quantitative estimate of drug-likeness (QED) is 0.719. The molecule has 0 bridgehead atoms. The van der Waals surface area contributed by atoms with Crippen LogP contribution in [-0.2, 0) is 16.7 Å². The molecule has 1 N–H and O–H groups in total. The summed E-state index contributed by atoms with van der Waals surface area (Å²) in [7, 11) is 1.94. The molecule has 0 aliphatic rings. The van der Waals surface area contributed by atoms with Crippen LogP contribution < -0.4 is 13.4 Å². The largest absolute Gasteiger partial charge is 0.497 e. The number of hydrogen-bond acceptors (Lipinski definition) is 4. The predicted octanol–water partition coefficient (Wildman–Crippen LogP) is 2.20. The minimum Gasteiger partial charge on any atom is -0.497 e. The van der Waals surface area contributed by atoms with Crippen LogP contribution >= 0.6 is 0 Å². The van der Waals surface area contributed by atoms with E-state index in [1.54, 1.807) is 30.7 Å². The molecule has 0 aliphatic carbocycles. The Morgan fingerprint density at radius 3 is 2.75 bits per heavy atom. The summed E-state index contributed by atoms with van der Waals surface area (Å²) in [5.74, 6) is 1.82. The number of aromatic nitrogens is 3. The Bertz CT molecular complexity index is 921. The number of ether oxygens (including phenoxy) is 2. The Kier molecular flexibility index (Phi) is 4.53. The summed E-state index contributed by atoms with van der Waals surface area (Å²) in [4.78, 5) is 7.55. The first-order valence-corrected chi connectivity index (χ1v) is 8.77. The van der Waals surface area contributed by atoms with Crippen LogP contribution in [0.15, 0.2) is 30.7 Å². The van der Waals surface area contributed by atoms with Gasteiger partial charge in [0.15, 0.2) is 11.0 Å². The lowest BCUT2D eigenvalue weighted by Crippen LogP contribution is -2.37. The molecular weight excluding hydrogens is 326 g/mol. The molecule has 1 aromatic carbocycles. The van der Waals surface area contributed by atoms with E-state index in [4.69, 9.17) is 9.47 Å². The Labute approximate surface area is 143 Å². The van der Waals surface area contributed by atoms with Gasteiger partial charge in [-0.2, -0.15) is 0 Å². The van der Waals surface area contributed by atoms with E-state index in [-0.39, 0.29) is 0 Å². The Morgan fingerprint density at radius 1 is 1.25 bits per heavy atom. The van der Waals surface area contributed by atoms with E-state index in [1.165, 1.54) is 0 Å². The molecule has 3 aromatic rings. The molecule has 0 fully saturated rings. The molecule has 2 aromatic heterocycles. The second-order valence-electron chi connectivity index (χ2n) is 5.49. The van der Waals surface area contributed by atoms with Crippen molar-refractivity contribution >= 4 is 22.0 Å². The molecule has 0 saturated heterocycles. The molecule has 1 atom stereocenters. The van der Waals surface area contributed by atoms with E-state index in [2.05, 4.69) is 9.97 Å². The molecular formula is C17H20N3O3S+. The molecule has 2 heterocycles. The fourth-order valence-electron chi connectivity index (χ4n) is 2.71. The maximum absolute atomic E-state index is 12.9. The third-order valence-corrected chi connectivity index (χ3v) is 5.27. The molecule has 0 amide bonds. The first-order valence-electron chi connectivity index (χ1n) is 7.50. The maximum Gasteiger partial charge on any atom is 0.256 e. The zero-order valence-corrected chi connectivity index (χ0v) is 14.9. The number of aromatic amines is 1. The fourth-order valence-corrected chi connectivity index (χ4v) is 3.92. The lowest BCUT2D eigenvalue weighted by Gasteiger charge is -2.11. The Hall–Kier alpha value is -2.41. The van der Waals surface area contributed by atoms with Crippen LogP contribution in [0.4, 0.5) is 0 Å². The van der Waals surface area contributed by atoms with Crippen molar-refractivity contribution in [2.24, 2.45) is 0 Å². The number of nitrogens with zero attached hydrogens (tertiary/aromatic N) is 2. The summed E-state index contributed by atoms with van der Waals surface area (Å²) in [6.45, 7) is 3.88. The van der Waals surface area contributed by atoms with Crippen molar-refractivity contribution in [3.8, 4) is 11.5 Å². The van der Waals surface area contributed by atoms with Crippen LogP contribution in [0.2, 0.25) is 0 Å². The van der Waals surface area contributed by atoms with Crippen molar-refractivity contribution in [1.82, 2.24) is 9.97 Å². The van der Waals surface area contributed by atoms with E-state index >= 15 is 0 Å². The third-order valence-electron chi connectivity index (χ3n) is 4.01. The molecule has 0 aliphatic heterocycles. The number of hydrogen-bond donors (Lipinski definition) is 1. The number of pyridine rings is 1. The second-order valence-corrected chi connectivity index (χ2v) is 6.82. The number of nitrogens with one attached hydrogen (secondary N) is 1. The van der Waals surface area contributed by atoms with Crippen LogP contribution in [0.1, 0.15) is 16.8 Å². The Balaban J connectivity index is 1.96. The zero-order valence-electron chi connectivity index (χ0n) is 14.1. The highest BCUT2D eigenvalue weighted by atomic mass is 32.2. The monoisotopic (exact) mass is 346 g/mol. The van der Waals surface area contributed by atoms with Gasteiger partial charge >= 0.3 is 0 Å². The summed E-state index contributed by atoms with van der Waals surface area (Å²) in [6.07, 6.45) is 3.46. The van der Waals surface area contributed by atoms with Crippen molar-refractivity contribution < 1.29 is 17.7 Å². The lowest BCUT2D eigenvalue weighted by molar-refractivity contribution is -0.473. The van der Waals surface area contributed by atoms with Gasteiger partial charge in [0.05, 0.1) is 19.9 Å². The molecule has 6 nitrogen and oxygen atoms in total. The van der Waals surface area contributed by atoms with E-state index in [9.17, 15) is 4.21 Å². The number of methoxy groups -OCH3 is 2. The Morgan fingerprint density at radius 2 is 2.04 bits per heavy atom. The lowest BCUT2D eigenvalue weighted by atomic mass is 10.1. The van der Waals surface area contributed by atoms with Gasteiger partial charge in [-0.3, -0.25) is 4.98 Å². The van der Waals surface area contributed by atoms with Gasteiger partial charge in [0, 0.05) is 23.4 Å². The van der Waals surface area contributed by atoms with Crippen LogP contribution in [0.3, 0.4) is 0 Å². The fraction of sp³-hybridized carbons (Fsp3) is 0.294. The van der Waals surface area contributed by atoms with Gasteiger partial charge in [0.1, 0.15) is 17.3 Å². The van der Waals surface area contributed by atoms with E-state index in [0.717, 1.165) is 39.4 Å². The van der Waals surface area contributed by atoms with Gasteiger partial charge in [0.2, 0.25) is 11.0 Å². The average Bonchev–Trinajstić information content (AvgIpc) is 3.01. The zero-order chi connectivity index (χ0) is 17.3. The van der Waals surface area contributed by atoms with Crippen molar-refractivity contribution in [3.63, 3.8) is 0 Å². The van der Waals surface area contributed by atoms with E-state index < -0.39 is 11.0 Å². The van der Waals surface area contributed by atoms with Gasteiger partial charge in [-0.05, 0) is 26.0 Å². The normalized spacial score (nSPS) is 12.3. The molecule has 0 radical (unpaired) electrons. The second kappa shape index (κ2) is 6.60. The summed E-state index contributed by atoms with van der Waals surface area (Å²) in [6, 6.07) is 5.63. The minimum absolute atomic E-state index is 0.303. The standard InChI is InChI=1S/C17H19N3O3S/c1-11-8-18-15(12(2)17(11)23-4)9-24(21)20-10-19-14-6-5-13(22-3)7-16(14)20/h5-8,10H,9H2,1-4H3/p+1. The van der Waals surface area contributed by atoms with Gasteiger partial charge < -0.3 is 9.47 Å². The number of rotatable bonds is 5. The number of fused-ring (bicyclic) bond motifs is 1. The summed E-state index contributed by atoms with van der Waals surface area (Å²) < 4.78 is 25.2. The highest BCUT2D eigenvalue weighted by molar-refractivity contribution is 7.77. The van der Waals surface area contributed by atoms with Gasteiger partial charge in [-0.1, -0.05) is 0 Å². The molecule has 7 heteroatoms. The molecule has 0 spiro atoms. The summed E-state index contributed by atoms with van der Waals surface area (Å²) in [5, 5.41) is 0. The number of imidazole rings is 1. The van der Waals surface area contributed by atoms with Crippen LogP contribution in [0.5, 0.6) is 11.5 Å². The number of H-pyrrole nitrogens is 1. The highest BCUT2D eigenvalue weighted by Gasteiger charge is 2.20. The SMILES string of the molecule is COc1ccc2[nH]c[n+](S(=O)Cc3ncc(C)c(OC)c3C)c2c1. The molecule has 3 rings (SSSR count). The van der Waals surface area contributed by atoms with Crippen molar-refractivity contribution in [1.29, 1.82) is 0 Å². The molecule has 0 saturated carbocycles. The first kappa shape index (κ1) is 16.4. The number of aryl methyl sites for hydroxylation is 1. The topological polar surface area (TPSA) is 68.1 Å². The van der Waals surface area contributed by atoms with Gasteiger partial charge in [0.25, 0.3) is 6.33 Å². The van der Waals surface area contributed by atoms with Crippen LogP contribution in [0, 0.1) is 13.8 Å². The molecule has 1 unspecified atom stereocenters. The van der Waals surface area contributed by atoms with Gasteiger partial charge in [-0.15, -0.1) is 3.97 Å². The van der Waals surface area contributed by atoms with E-state index in [1.807, 2.05) is 32.0 Å².